The number of hydrogen-bond acceptors (Lipinski definition) is 5. The molecule has 24 heavy (non-hydrogen) atoms. The highest BCUT2D eigenvalue weighted by Gasteiger charge is 2.25. The lowest BCUT2D eigenvalue weighted by Gasteiger charge is -2.31. The van der Waals surface area contributed by atoms with Crippen molar-refractivity contribution >= 4 is 5.91 Å². The van der Waals surface area contributed by atoms with Crippen LogP contribution >= 0.6 is 0 Å². The summed E-state index contributed by atoms with van der Waals surface area (Å²) in [7, 11) is 0. The van der Waals surface area contributed by atoms with Crippen LogP contribution in [0.4, 0.5) is 0 Å². The van der Waals surface area contributed by atoms with Gasteiger partial charge in [-0.3, -0.25) is 4.79 Å². The number of benzene rings is 1. The van der Waals surface area contributed by atoms with E-state index in [0.29, 0.717) is 49.2 Å². The molecule has 0 saturated carbocycles. The summed E-state index contributed by atoms with van der Waals surface area (Å²) in [5, 5.41) is 0. The van der Waals surface area contributed by atoms with E-state index in [4.69, 9.17) is 19.9 Å². The second-order valence-corrected chi connectivity index (χ2v) is 5.75. The van der Waals surface area contributed by atoms with E-state index >= 15 is 0 Å². The Morgan fingerprint density at radius 1 is 1.12 bits per heavy atom. The first-order valence-electron chi connectivity index (χ1n) is 8.71. The minimum Gasteiger partial charge on any atom is -0.490 e. The number of carbonyl (C=O) groups is 1. The molecule has 0 radical (unpaired) electrons. The van der Waals surface area contributed by atoms with Crippen LogP contribution < -0.4 is 19.9 Å². The molecule has 0 spiro atoms. The van der Waals surface area contributed by atoms with Gasteiger partial charge in [0.25, 0.3) is 5.91 Å². The van der Waals surface area contributed by atoms with E-state index in [1.807, 2.05) is 20.8 Å². The van der Waals surface area contributed by atoms with Gasteiger partial charge in [-0.1, -0.05) is 0 Å². The van der Waals surface area contributed by atoms with Crippen molar-refractivity contribution in [1.29, 1.82) is 0 Å². The van der Waals surface area contributed by atoms with Crippen LogP contribution in [0.2, 0.25) is 0 Å². The molecule has 2 rings (SSSR count). The number of nitrogens with two attached hydrogens (primary N) is 1. The van der Waals surface area contributed by atoms with Crippen molar-refractivity contribution in [3.05, 3.63) is 17.7 Å². The van der Waals surface area contributed by atoms with Gasteiger partial charge in [-0.25, -0.2) is 0 Å². The standard InChI is InChI=1S/C18H28N2O4/c1-4-22-15-10-13(11-16(23-5-2)17(15)24-6-3)18(21)20-9-7-8-14(19)12-20/h10-11,14H,4-9,12,19H2,1-3H3. The molecular formula is C18H28N2O4. The van der Waals surface area contributed by atoms with Crippen molar-refractivity contribution in [3.63, 3.8) is 0 Å². The number of carbonyl (C=O) groups excluding carboxylic acids is 1. The lowest BCUT2D eigenvalue weighted by molar-refractivity contribution is 0.0707. The van der Waals surface area contributed by atoms with Gasteiger partial charge in [-0.2, -0.15) is 0 Å². The second-order valence-electron chi connectivity index (χ2n) is 5.75. The minimum atomic E-state index is -0.0462. The number of nitrogens with zero attached hydrogens (tertiary/aromatic N) is 1. The van der Waals surface area contributed by atoms with Gasteiger partial charge in [0.05, 0.1) is 19.8 Å². The van der Waals surface area contributed by atoms with Crippen LogP contribution in [0.5, 0.6) is 17.2 Å². The molecule has 1 aromatic rings. The van der Waals surface area contributed by atoms with Crippen LogP contribution in [0, 0.1) is 0 Å². The fourth-order valence-electron chi connectivity index (χ4n) is 2.89. The summed E-state index contributed by atoms with van der Waals surface area (Å²) >= 11 is 0. The number of likely N-dealkylation sites (tertiary alicyclic amines) is 1. The number of hydrogen-bond donors (Lipinski definition) is 1. The van der Waals surface area contributed by atoms with E-state index in [9.17, 15) is 4.79 Å². The Kier molecular flexibility index (Phi) is 6.73. The molecule has 0 aliphatic carbocycles. The maximum absolute atomic E-state index is 12.8. The zero-order chi connectivity index (χ0) is 17.5. The maximum Gasteiger partial charge on any atom is 0.254 e. The van der Waals surface area contributed by atoms with E-state index < -0.39 is 0 Å². The molecule has 1 fully saturated rings. The monoisotopic (exact) mass is 336 g/mol. The average molecular weight is 336 g/mol. The fourth-order valence-corrected chi connectivity index (χ4v) is 2.89. The molecule has 0 bridgehead atoms. The highest BCUT2D eigenvalue weighted by Crippen LogP contribution is 2.39. The van der Waals surface area contributed by atoms with Gasteiger partial charge < -0.3 is 24.8 Å². The Hall–Kier alpha value is -1.95. The minimum absolute atomic E-state index is 0.0446. The van der Waals surface area contributed by atoms with Crippen molar-refractivity contribution in [1.82, 2.24) is 4.90 Å². The molecule has 2 N–H and O–H groups in total. The lowest BCUT2D eigenvalue weighted by atomic mass is 10.0. The van der Waals surface area contributed by atoms with Gasteiger partial charge in [0.2, 0.25) is 5.75 Å². The van der Waals surface area contributed by atoms with Crippen molar-refractivity contribution in [2.75, 3.05) is 32.9 Å². The van der Waals surface area contributed by atoms with E-state index in [0.717, 1.165) is 19.4 Å². The van der Waals surface area contributed by atoms with E-state index in [1.54, 1.807) is 17.0 Å². The second kappa shape index (κ2) is 8.78. The van der Waals surface area contributed by atoms with Gasteiger partial charge in [-0.15, -0.1) is 0 Å². The number of piperidine rings is 1. The Morgan fingerprint density at radius 3 is 2.21 bits per heavy atom. The molecule has 1 aliphatic rings. The van der Waals surface area contributed by atoms with Crippen molar-refractivity contribution < 1.29 is 19.0 Å². The predicted molar refractivity (Wildman–Crippen MR) is 93.1 cm³/mol. The third kappa shape index (κ3) is 4.32. The maximum atomic E-state index is 12.8. The molecular weight excluding hydrogens is 308 g/mol. The van der Waals surface area contributed by atoms with Crippen LogP contribution in [0.1, 0.15) is 44.0 Å². The molecule has 6 heteroatoms. The first-order chi connectivity index (χ1) is 11.6. The zero-order valence-electron chi connectivity index (χ0n) is 14.8. The summed E-state index contributed by atoms with van der Waals surface area (Å²) in [6, 6.07) is 3.52. The molecule has 1 aliphatic heterocycles. The summed E-state index contributed by atoms with van der Waals surface area (Å²) in [5.74, 6) is 1.58. The van der Waals surface area contributed by atoms with E-state index in [1.165, 1.54) is 0 Å². The number of rotatable bonds is 7. The quantitative estimate of drug-likeness (QED) is 0.828. The van der Waals surface area contributed by atoms with Crippen molar-refractivity contribution in [3.8, 4) is 17.2 Å². The molecule has 0 aromatic heterocycles. The Bertz CT molecular complexity index is 535. The summed E-state index contributed by atoms with van der Waals surface area (Å²) in [6.07, 6.45) is 1.89. The normalized spacial score (nSPS) is 17.5. The first-order valence-corrected chi connectivity index (χ1v) is 8.71. The van der Waals surface area contributed by atoms with Gasteiger partial charge in [0.1, 0.15) is 0 Å². The molecule has 134 valence electrons. The highest BCUT2D eigenvalue weighted by molar-refractivity contribution is 5.95. The third-order valence-corrected chi connectivity index (χ3v) is 3.90. The smallest absolute Gasteiger partial charge is 0.254 e. The molecule has 1 aromatic carbocycles. The van der Waals surface area contributed by atoms with Gasteiger partial charge in [0.15, 0.2) is 11.5 Å². The summed E-state index contributed by atoms with van der Waals surface area (Å²) in [5.41, 5.74) is 6.54. The third-order valence-electron chi connectivity index (χ3n) is 3.90. The molecule has 1 unspecified atom stereocenters. The molecule has 1 saturated heterocycles. The topological polar surface area (TPSA) is 74.0 Å². The van der Waals surface area contributed by atoms with Gasteiger partial charge in [-0.05, 0) is 45.7 Å². The van der Waals surface area contributed by atoms with Gasteiger partial charge in [0, 0.05) is 24.7 Å². The lowest BCUT2D eigenvalue weighted by Crippen LogP contribution is -2.45. The largest absolute Gasteiger partial charge is 0.490 e. The fraction of sp³-hybridized carbons (Fsp3) is 0.611. The number of ether oxygens (including phenoxy) is 3. The zero-order valence-corrected chi connectivity index (χ0v) is 14.8. The van der Waals surface area contributed by atoms with Gasteiger partial charge >= 0.3 is 0 Å². The molecule has 1 heterocycles. The summed E-state index contributed by atoms with van der Waals surface area (Å²) in [6.45, 7) is 8.47. The summed E-state index contributed by atoms with van der Waals surface area (Å²) in [4.78, 5) is 14.6. The molecule has 1 atom stereocenters. The SMILES string of the molecule is CCOc1cc(C(=O)N2CCCC(N)C2)cc(OCC)c1OCC. The van der Waals surface area contributed by atoms with Crippen molar-refractivity contribution in [2.24, 2.45) is 5.73 Å². The average Bonchev–Trinajstić information content (AvgIpc) is 2.57. The number of amides is 1. The summed E-state index contributed by atoms with van der Waals surface area (Å²) < 4.78 is 17.0. The predicted octanol–water partition coefficient (Wildman–Crippen LogP) is 2.45. The van der Waals surface area contributed by atoms with E-state index in [-0.39, 0.29) is 11.9 Å². The van der Waals surface area contributed by atoms with Crippen LogP contribution in [-0.2, 0) is 0 Å². The Morgan fingerprint density at radius 2 is 1.71 bits per heavy atom. The Balaban J connectivity index is 2.36. The van der Waals surface area contributed by atoms with Crippen LogP contribution in [-0.4, -0.2) is 49.8 Å². The van der Waals surface area contributed by atoms with E-state index in [2.05, 4.69) is 0 Å². The van der Waals surface area contributed by atoms with Crippen LogP contribution in [0.3, 0.4) is 0 Å². The Labute approximate surface area is 143 Å². The molecule has 1 amide bonds. The van der Waals surface area contributed by atoms with Crippen molar-refractivity contribution in [2.45, 2.75) is 39.7 Å². The first kappa shape index (κ1) is 18.4. The van der Waals surface area contributed by atoms with Crippen LogP contribution in [0.15, 0.2) is 12.1 Å². The van der Waals surface area contributed by atoms with Crippen LogP contribution in [0.25, 0.3) is 0 Å². The highest BCUT2D eigenvalue weighted by atomic mass is 16.5. The molecule has 6 nitrogen and oxygen atoms in total.